The quantitative estimate of drug-likeness (QED) is 0.929. The fraction of sp³-hybridized carbons (Fsp3) is 0.400. The third-order valence-corrected chi connectivity index (χ3v) is 4.63. The number of amides is 1. The molecule has 0 radical (unpaired) electrons. The molecule has 0 unspecified atom stereocenters. The number of para-hydroxylation sites is 1. The molecule has 1 saturated heterocycles. The van der Waals surface area contributed by atoms with E-state index in [2.05, 4.69) is 54.3 Å². The molecule has 5 nitrogen and oxygen atoms in total. The van der Waals surface area contributed by atoms with Gasteiger partial charge < -0.3 is 15.1 Å². The molecule has 1 aromatic carbocycles. The number of benzene rings is 1. The Morgan fingerprint density at radius 1 is 1.08 bits per heavy atom. The summed E-state index contributed by atoms with van der Waals surface area (Å²) in [6.07, 6.45) is 1.74. The Morgan fingerprint density at radius 3 is 2.44 bits per heavy atom. The van der Waals surface area contributed by atoms with Crippen LogP contribution in [0.1, 0.15) is 35.8 Å². The Balaban J connectivity index is 1.69. The van der Waals surface area contributed by atoms with Crippen LogP contribution in [0.5, 0.6) is 0 Å². The molecule has 5 heteroatoms. The zero-order chi connectivity index (χ0) is 17.8. The van der Waals surface area contributed by atoms with Crippen LogP contribution in [0, 0.1) is 0 Å². The minimum Gasteiger partial charge on any atom is -0.354 e. The Morgan fingerprint density at radius 2 is 1.80 bits per heavy atom. The first-order valence-electron chi connectivity index (χ1n) is 8.84. The molecule has 0 bridgehead atoms. The van der Waals surface area contributed by atoms with E-state index in [1.807, 2.05) is 17.0 Å². The molecule has 0 atom stereocenters. The van der Waals surface area contributed by atoms with Crippen molar-refractivity contribution in [2.45, 2.75) is 19.8 Å². The van der Waals surface area contributed by atoms with E-state index >= 15 is 0 Å². The molecule has 1 N–H and O–H groups in total. The van der Waals surface area contributed by atoms with Crippen molar-refractivity contribution in [1.29, 1.82) is 0 Å². The van der Waals surface area contributed by atoms with Gasteiger partial charge in [-0.3, -0.25) is 4.79 Å². The third-order valence-electron chi connectivity index (χ3n) is 4.63. The molecular formula is C20H26N4O. The highest BCUT2D eigenvalue weighted by molar-refractivity contribution is 5.92. The van der Waals surface area contributed by atoms with Crippen LogP contribution in [0.15, 0.2) is 42.6 Å². The molecule has 25 heavy (non-hydrogen) atoms. The first kappa shape index (κ1) is 17.4. The summed E-state index contributed by atoms with van der Waals surface area (Å²) in [4.78, 5) is 21.0. The lowest BCUT2D eigenvalue weighted by Gasteiger charge is -2.32. The van der Waals surface area contributed by atoms with Crippen LogP contribution in [0.3, 0.4) is 0 Å². The molecule has 2 heterocycles. The summed E-state index contributed by atoms with van der Waals surface area (Å²) in [5, 5.41) is 3.41. The number of carbonyl (C=O) groups is 1. The van der Waals surface area contributed by atoms with Gasteiger partial charge in [0.25, 0.3) is 5.91 Å². The lowest BCUT2D eigenvalue weighted by molar-refractivity contribution is 0.0658. The molecule has 1 amide bonds. The van der Waals surface area contributed by atoms with Gasteiger partial charge in [-0.1, -0.05) is 32.0 Å². The monoisotopic (exact) mass is 338 g/mol. The smallest absolute Gasteiger partial charge is 0.272 e. The highest BCUT2D eigenvalue weighted by Gasteiger charge is 2.21. The fourth-order valence-electron chi connectivity index (χ4n) is 3.04. The molecule has 1 aromatic heterocycles. The topological polar surface area (TPSA) is 48.5 Å². The third kappa shape index (κ3) is 4.17. The number of hydrogen-bond donors (Lipinski definition) is 1. The van der Waals surface area contributed by atoms with Gasteiger partial charge in [0.15, 0.2) is 0 Å². The van der Waals surface area contributed by atoms with E-state index in [1.165, 1.54) is 5.56 Å². The van der Waals surface area contributed by atoms with Crippen molar-refractivity contribution in [2.75, 3.05) is 38.5 Å². The summed E-state index contributed by atoms with van der Waals surface area (Å²) in [5.74, 6) is 0.456. The number of hydrogen-bond acceptors (Lipinski definition) is 4. The SMILES string of the molecule is CC(C)c1ccccc1Nc1ccc(C(=O)N2CCN(C)CC2)nc1. The Hall–Kier alpha value is -2.40. The van der Waals surface area contributed by atoms with Gasteiger partial charge in [0, 0.05) is 31.9 Å². The maximum Gasteiger partial charge on any atom is 0.272 e. The Labute approximate surface area is 149 Å². The maximum absolute atomic E-state index is 12.5. The number of carbonyl (C=O) groups excluding carboxylic acids is 1. The number of piperazine rings is 1. The fourth-order valence-corrected chi connectivity index (χ4v) is 3.04. The number of pyridine rings is 1. The normalized spacial score (nSPS) is 15.4. The summed E-state index contributed by atoms with van der Waals surface area (Å²) < 4.78 is 0. The van der Waals surface area contributed by atoms with Crippen molar-refractivity contribution in [3.8, 4) is 0 Å². The van der Waals surface area contributed by atoms with Crippen molar-refractivity contribution < 1.29 is 4.79 Å². The van der Waals surface area contributed by atoms with E-state index < -0.39 is 0 Å². The molecule has 2 aromatic rings. The van der Waals surface area contributed by atoms with Gasteiger partial charge in [-0.15, -0.1) is 0 Å². The molecule has 1 fully saturated rings. The molecule has 0 spiro atoms. The van der Waals surface area contributed by atoms with Gasteiger partial charge in [-0.05, 0) is 36.7 Å². The zero-order valence-electron chi connectivity index (χ0n) is 15.2. The van der Waals surface area contributed by atoms with E-state index in [1.54, 1.807) is 12.3 Å². The predicted octanol–water partition coefficient (Wildman–Crippen LogP) is 3.34. The molecule has 1 aliphatic heterocycles. The van der Waals surface area contributed by atoms with Gasteiger partial charge in [-0.25, -0.2) is 4.98 Å². The molecule has 0 saturated carbocycles. The van der Waals surface area contributed by atoms with Crippen LogP contribution >= 0.6 is 0 Å². The first-order chi connectivity index (χ1) is 12.0. The van der Waals surface area contributed by atoms with E-state index in [-0.39, 0.29) is 5.91 Å². The number of likely N-dealkylation sites (N-methyl/N-ethyl adjacent to an activating group) is 1. The number of anilines is 2. The largest absolute Gasteiger partial charge is 0.354 e. The van der Waals surface area contributed by atoms with Crippen molar-refractivity contribution >= 4 is 17.3 Å². The van der Waals surface area contributed by atoms with E-state index in [4.69, 9.17) is 0 Å². The van der Waals surface area contributed by atoms with Gasteiger partial charge in [0.2, 0.25) is 0 Å². The van der Waals surface area contributed by atoms with Crippen LogP contribution < -0.4 is 5.32 Å². The van der Waals surface area contributed by atoms with Gasteiger partial charge in [0.1, 0.15) is 5.69 Å². The van der Waals surface area contributed by atoms with Crippen molar-refractivity contribution in [3.05, 3.63) is 53.9 Å². The molecule has 132 valence electrons. The average molecular weight is 338 g/mol. The second-order valence-electron chi connectivity index (χ2n) is 6.89. The van der Waals surface area contributed by atoms with Crippen LogP contribution in [-0.4, -0.2) is 53.9 Å². The van der Waals surface area contributed by atoms with E-state index in [0.29, 0.717) is 11.6 Å². The van der Waals surface area contributed by atoms with Crippen molar-refractivity contribution in [3.63, 3.8) is 0 Å². The number of rotatable bonds is 4. The van der Waals surface area contributed by atoms with Crippen LogP contribution in [-0.2, 0) is 0 Å². The number of nitrogens with one attached hydrogen (secondary N) is 1. The highest BCUT2D eigenvalue weighted by atomic mass is 16.2. The standard InChI is InChI=1S/C20H26N4O/c1-15(2)17-6-4-5-7-18(17)22-16-8-9-19(21-14-16)20(25)24-12-10-23(3)11-13-24/h4-9,14-15,22H,10-13H2,1-3H3. The molecule has 3 rings (SSSR count). The van der Waals surface area contributed by atoms with Crippen LogP contribution in [0.25, 0.3) is 0 Å². The Kier molecular flexibility index (Phi) is 5.34. The minimum absolute atomic E-state index is 0.0160. The molecule has 0 aliphatic carbocycles. The maximum atomic E-state index is 12.5. The van der Waals surface area contributed by atoms with Gasteiger partial charge in [0.05, 0.1) is 11.9 Å². The summed E-state index contributed by atoms with van der Waals surface area (Å²) in [5.41, 5.74) is 3.74. The van der Waals surface area contributed by atoms with Crippen LogP contribution in [0.4, 0.5) is 11.4 Å². The summed E-state index contributed by atoms with van der Waals surface area (Å²) in [6, 6.07) is 12.0. The second kappa shape index (κ2) is 7.66. The second-order valence-corrected chi connectivity index (χ2v) is 6.89. The van der Waals surface area contributed by atoms with Crippen molar-refractivity contribution in [1.82, 2.24) is 14.8 Å². The summed E-state index contributed by atoms with van der Waals surface area (Å²) in [7, 11) is 2.08. The van der Waals surface area contributed by atoms with E-state index in [9.17, 15) is 4.79 Å². The highest BCUT2D eigenvalue weighted by Crippen LogP contribution is 2.26. The molecular weight excluding hydrogens is 312 g/mol. The summed E-state index contributed by atoms with van der Waals surface area (Å²) in [6.45, 7) is 7.71. The lowest BCUT2D eigenvalue weighted by Crippen LogP contribution is -2.47. The number of aromatic nitrogens is 1. The predicted molar refractivity (Wildman–Crippen MR) is 101 cm³/mol. The Bertz CT molecular complexity index is 719. The number of nitrogens with zero attached hydrogens (tertiary/aromatic N) is 3. The molecule has 1 aliphatic rings. The van der Waals surface area contributed by atoms with Gasteiger partial charge in [-0.2, -0.15) is 0 Å². The minimum atomic E-state index is 0.0160. The van der Waals surface area contributed by atoms with Gasteiger partial charge >= 0.3 is 0 Å². The van der Waals surface area contributed by atoms with Crippen molar-refractivity contribution in [2.24, 2.45) is 0 Å². The average Bonchev–Trinajstić information content (AvgIpc) is 2.63. The lowest BCUT2D eigenvalue weighted by atomic mass is 10.0. The van der Waals surface area contributed by atoms with E-state index in [0.717, 1.165) is 37.6 Å². The summed E-state index contributed by atoms with van der Waals surface area (Å²) >= 11 is 0. The first-order valence-corrected chi connectivity index (χ1v) is 8.84. The van der Waals surface area contributed by atoms with Crippen LogP contribution in [0.2, 0.25) is 0 Å². The zero-order valence-corrected chi connectivity index (χ0v) is 15.2.